The number of amides is 1. The van der Waals surface area contributed by atoms with E-state index in [-0.39, 0.29) is 0 Å². The van der Waals surface area contributed by atoms with Gasteiger partial charge in [0, 0.05) is 18.3 Å². The zero-order valence-electron chi connectivity index (χ0n) is 5.29. The molecule has 0 spiro atoms. The van der Waals surface area contributed by atoms with Gasteiger partial charge in [0.25, 0.3) is 0 Å². The lowest BCUT2D eigenvalue weighted by atomic mass is 10.2. The minimum Gasteiger partial charge on any atom is -0.341 e. The van der Waals surface area contributed by atoms with Crippen LogP contribution in [0, 0.1) is 0 Å². The number of rotatable bonds is 2. The molecule has 1 aliphatic rings. The molecule has 0 saturated carbocycles. The van der Waals surface area contributed by atoms with Gasteiger partial charge in [-0.3, -0.25) is 4.79 Å². The van der Waals surface area contributed by atoms with E-state index in [1.165, 1.54) is 0 Å². The van der Waals surface area contributed by atoms with Gasteiger partial charge >= 0.3 is 0 Å². The molecule has 0 aromatic rings. The molecule has 9 heavy (non-hydrogen) atoms. The Balaban J connectivity index is 2.41. The van der Waals surface area contributed by atoms with Crippen molar-refractivity contribution in [1.29, 1.82) is 0 Å². The van der Waals surface area contributed by atoms with Crippen molar-refractivity contribution >= 4 is 19.0 Å². The molecular weight excluding hydrogens is 134 g/mol. The maximum Gasteiger partial charge on any atom is 0.209 e. The molecule has 1 heterocycles. The summed E-state index contributed by atoms with van der Waals surface area (Å²) in [6.45, 7) is 0.925. The van der Waals surface area contributed by atoms with Crippen LogP contribution in [0.4, 0.5) is 0 Å². The van der Waals surface area contributed by atoms with Gasteiger partial charge in [-0.2, -0.15) is 12.6 Å². The van der Waals surface area contributed by atoms with Gasteiger partial charge in [-0.05, 0) is 12.8 Å². The van der Waals surface area contributed by atoms with Crippen molar-refractivity contribution in [2.45, 2.75) is 18.9 Å². The Morgan fingerprint density at radius 1 is 1.78 bits per heavy atom. The molecule has 0 aromatic heterocycles. The predicted octanol–water partition coefficient (Wildman–Crippen LogP) is 0.537. The summed E-state index contributed by atoms with van der Waals surface area (Å²) in [6, 6.07) is 0.408. The Bertz CT molecular complexity index is 107. The van der Waals surface area contributed by atoms with Crippen LogP contribution in [-0.4, -0.2) is 29.6 Å². The van der Waals surface area contributed by atoms with Crippen molar-refractivity contribution < 1.29 is 4.79 Å². The lowest BCUT2D eigenvalue weighted by Crippen LogP contribution is -2.28. The monoisotopic (exact) mass is 145 g/mol. The molecule has 52 valence electrons. The highest BCUT2D eigenvalue weighted by atomic mass is 32.1. The van der Waals surface area contributed by atoms with Crippen LogP contribution in [0.25, 0.3) is 0 Å². The average molecular weight is 145 g/mol. The molecule has 1 saturated heterocycles. The van der Waals surface area contributed by atoms with Crippen LogP contribution in [-0.2, 0) is 4.79 Å². The van der Waals surface area contributed by atoms with E-state index in [2.05, 4.69) is 12.6 Å². The summed E-state index contributed by atoms with van der Waals surface area (Å²) in [5.41, 5.74) is 0. The summed E-state index contributed by atoms with van der Waals surface area (Å²) in [6.07, 6.45) is 3.19. The largest absolute Gasteiger partial charge is 0.341 e. The SMILES string of the molecule is O=CN1CCC[C@@H]1CS. The number of nitrogens with zero attached hydrogens (tertiary/aromatic N) is 1. The van der Waals surface area contributed by atoms with Crippen molar-refractivity contribution in [3.8, 4) is 0 Å². The number of thiol groups is 1. The molecule has 0 radical (unpaired) electrons. The maximum absolute atomic E-state index is 10.3. The Hall–Kier alpha value is -0.180. The smallest absolute Gasteiger partial charge is 0.209 e. The minimum absolute atomic E-state index is 0.408. The molecule has 1 rings (SSSR count). The van der Waals surface area contributed by atoms with Gasteiger partial charge in [0.2, 0.25) is 6.41 Å². The van der Waals surface area contributed by atoms with Gasteiger partial charge in [-0.1, -0.05) is 0 Å². The summed E-state index contributed by atoms with van der Waals surface area (Å²) in [5, 5.41) is 0. The van der Waals surface area contributed by atoms with Crippen molar-refractivity contribution in [3.63, 3.8) is 0 Å². The second-order valence-electron chi connectivity index (χ2n) is 2.32. The number of hydrogen-bond donors (Lipinski definition) is 1. The topological polar surface area (TPSA) is 20.3 Å². The van der Waals surface area contributed by atoms with Crippen LogP contribution in [0.1, 0.15) is 12.8 Å². The van der Waals surface area contributed by atoms with Gasteiger partial charge in [-0.25, -0.2) is 0 Å². The number of carbonyl (C=O) groups is 1. The van der Waals surface area contributed by atoms with Crippen molar-refractivity contribution in [2.75, 3.05) is 12.3 Å². The molecule has 3 heteroatoms. The third kappa shape index (κ3) is 1.39. The van der Waals surface area contributed by atoms with Gasteiger partial charge in [-0.15, -0.1) is 0 Å². The molecule has 0 bridgehead atoms. The normalized spacial score (nSPS) is 26.8. The van der Waals surface area contributed by atoms with Crippen LogP contribution < -0.4 is 0 Å². The summed E-state index contributed by atoms with van der Waals surface area (Å²) in [5.74, 6) is 0.804. The Labute approximate surface area is 60.6 Å². The van der Waals surface area contributed by atoms with Crippen LogP contribution in [0.15, 0.2) is 0 Å². The highest BCUT2D eigenvalue weighted by Crippen LogP contribution is 2.15. The molecule has 1 atom stereocenters. The summed E-state index contributed by atoms with van der Waals surface area (Å²) in [4.78, 5) is 12.1. The molecule has 1 fully saturated rings. The van der Waals surface area contributed by atoms with Crippen LogP contribution in [0.3, 0.4) is 0 Å². The van der Waals surface area contributed by atoms with Crippen molar-refractivity contribution in [3.05, 3.63) is 0 Å². The van der Waals surface area contributed by atoms with E-state index in [9.17, 15) is 4.79 Å². The van der Waals surface area contributed by atoms with Crippen LogP contribution >= 0.6 is 12.6 Å². The first-order valence-electron chi connectivity index (χ1n) is 3.20. The Morgan fingerprint density at radius 3 is 3.00 bits per heavy atom. The van der Waals surface area contributed by atoms with E-state index in [0.29, 0.717) is 6.04 Å². The van der Waals surface area contributed by atoms with E-state index in [0.717, 1.165) is 31.5 Å². The van der Waals surface area contributed by atoms with E-state index >= 15 is 0 Å². The lowest BCUT2D eigenvalue weighted by molar-refractivity contribution is -0.118. The van der Waals surface area contributed by atoms with E-state index in [1.807, 2.05) is 4.90 Å². The first-order valence-corrected chi connectivity index (χ1v) is 3.83. The van der Waals surface area contributed by atoms with Crippen molar-refractivity contribution in [1.82, 2.24) is 4.90 Å². The number of carbonyl (C=O) groups excluding carboxylic acids is 1. The average Bonchev–Trinajstić information content (AvgIpc) is 2.33. The second kappa shape index (κ2) is 3.11. The number of hydrogen-bond acceptors (Lipinski definition) is 2. The van der Waals surface area contributed by atoms with Gasteiger partial charge in [0.15, 0.2) is 0 Å². The minimum atomic E-state index is 0.408. The quantitative estimate of drug-likeness (QED) is 0.444. The molecule has 1 amide bonds. The first kappa shape index (κ1) is 6.93. The summed E-state index contributed by atoms with van der Waals surface area (Å²) >= 11 is 4.13. The van der Waals surface area contributed by atoms with E-state index in [4.69, 9.17) is 0 Å². The molecule has 0 N–H and O–H groups in total. The Kier molecular flexibility index (Phi) is 2.39. The van der Waals surface area contributed by atoms with E-state index < -0.39 is 0 Å². The van der Waals surface area contributed by atoms with Gasteiger partial charge in [0.05, 0.1) is 0 Å². The maximum atomic E-state index is 10.3. The van der Waals surface area contributed by atoms with Crippen LogP contribution in [0.5, 0.6) is 0 Å². The molecule has 2 nitrogen and oxygen atoms in total. The molecule has 0 aromatic carbocycles. The lowest BCUT2D eigenvalue weighted by Gasteiger charge is -2.16. The van der Waals surface area contributed by atoms with Crippen molar-refractivity contribution in [2.24, 2.45) is 0 Å². The van der Waals surface area contributed by atoms with Gasteiger partial charge < -0.3 is 4.90 Å². The highest BCUT2D eigenvalue weighted by Gasteiger charge is 2.20. The van der Waals surface area contributed by atoms with E-state index in [1.54, 1.807) is 0 Å². The number of likely N-dealkylation sites (tertiary alicyclic amines) is 1. The molecule has 0 aliphatic carbocycles. The zero-order chi connectivity index (χ0) is 6.69. The van der Waals surface area contributed by atoms with Crippen LogP contribution in [0.2, 0.25) is 0 Å². The first-order chi connectivity index (χ1) is 4.38. The third-order valence-corrected chi connectivity index (χ3v) is 2.19. The molecule has 0 unspecified atom stereocenters. The Morgan fingerprint density at radius 2 is 2.56 bits per heavy atom. The summed E-state index contributed by atoms with van der Waals surface area (Å²) < 4.78 is 0. The standard InChI is InChI=1S/C6H11NOS/c8-5-7-3-1-2-6(7)4-9/h5-6,9H,1-4H2/t6-/m1/s1. The predicted molar refractivity (Wildman–Crippen MR) is 39.6 cm³/mol. The zero-order valence-corrected chi connectivity index (χ0v) is 6.18. The van der Waals surface area contributed by atoms with Gasteiger partial charge in [0.1, 0.15) is 0 Å². The molecular formula is C6H11NOS. The summed E-state index contributed by atoms with van der Waals surface area (Å²) in [7, 11) is 0. The third-order valence-electron chi connectivity index (χ3n) is 1.77. The molecule has 1 aliphatic heterocycles. The second-order valence-corrected chi connectivity index (χ2v) is 2.69. The fourth-order valence-corrected chi connectivity index (χ4v) is 1.59. The highest BCUT2D eigenvalue weighted by molar-refractivity contribution is 7.80. The fraction of sp³-hybridized carbons (Fsp3) is 0.833. The fourth-order valence-electron chi connectivity index (χ4n) is 1.19.